The van der Waals surface area contributed by atoms with Crippen LogP contribution in [0.2, 0.25) is 0 Å². The van der Waals surface area contributed by atoms with E-state index in [0.29, 0.717) is 49.6 Å². The van der Waals surface area contributed by atoms with E-state index in [-0.39, 0.29) is 18.6 Å². The van der Waals surface area contributed by atoms with Gasteiger partial charge in [0.25, 0.3) is 0 Å². The zero-order chi connectivity index (χ0) is 23.2. The molecule has 0 saturated carbocycles. The average Bonchev–Trinajstić information content (AvgIpc) is 2.81. The van der Waals surface area contributed by atoms with Crippen LogP contribution in [0.15, 0.2) is 48.5 Å². The molecule has 8 nitrogen and oxygen atoms in total. The second kappa shape index (κ2) is 20.8. The van der Waals surface area contributed by atoms with Crippen molar-refractivity contribution in [3.05, 3.63) is 59.7 Å². The van der Waals surface area contributed by atoms with Gasteiger partial charge in [0, 0.05) is 14.2 Å². The molecule has 31 heavy (non-hydrogen) atoms. The van der Waals surface area contributed by atoms with Crippen molar-refractivity contribution in [2.45, 2.75) is 0 Å². The predicted molar refractivity (Wildman–Crippen MR) is 117 cm³/mol. The number of phenols is 1. The molecule has 0 unspecified atom stereocenters. The Bertz CT molecular complexity index is 707. The van der Waals surface area contributed by atoms with Crippen molar-refractivity contribution >= 4 is 24.2 Å². The number of hydrogen-bond donors (Lipinski definition) is 1. The van der Waals surface area contributed by atoms with E-state index in [4.69, 9.17) is 35.7 Å². The molecule has 2 rings (SSSR count). The zero-order valence-electron chi connectivity index (χ0n) is 17.7. The molecule has 0 aliphatic carbocycles. The largest absolute Gasteiger partial charge is 0.507 e. The SMILES string of the molecule is COCCOCCl.COCCOCOc1ccccc1C=O.O=Cc1ccccc1O. The Labute approximate surface area is 187 Å². The Hall–Kier alpha value is -2.49. The van der Waals surface area contributed by atoms with Crippen LogP contribution in [0, 0.1) is 0 Å². The number of ether oxygens (including phenoxy) is 5. The number of benzene rings is 2. The number of rotatable bonds is 12. The minimum absolute atomic E-state index is 0.0347. The molecule has 0 aromatic heterocycles. The quantitative estimate of drug-likeness (QED) is 0.224. The summed E-state index contributed by atoms with van der Waals surface area (Å²) in [4.78, 5) is 20.7. The highest BCUT2D eigenvalue weighted by atomic mass is 35.5. The van der Waals surface area contributed by atoms with Gasteiger partial charge in [-0.25, -0.2) is 0 Å². The third kappa shape index (κ3) is 15.0. The van der Waals surface area contributed by atoms with E-state index in [2.05, 4.69) is 4.74 Å². The Kier molecular flexibility index (Phi) is 19.1. The maximum absolute atomic E-state index is 10.6. The van der Waals surface area contributed by atoms with E-state index >= 15 is 0 Å². The number of carbonyl (C=O) groups excluding carboxylic acids is 2. The smallest absolute Gasteiger partial charge is 0.189 e. The molecule has 9 heteroatoms. The van der Waals surface area contributed by atoms with Gasteiger partial charge in [-0.2, -0.15) is 0 Å². The van der Waals surface area contributed by atoms with Gasteiger partial charge in [0.05, 0.1) is 37.6 Å². The first-order valence-electron chi connectivity index (χ1n) is 9.24. The summed E-state index contributed by atoms with van der Waals surface area (Å²) >= 11 is 5.16. The van der Waals surface area contributed by atoms with Crippen LogP contribution < -0.4 is 4.74 Å². The summed E-state index contributed by atoms with van der Waals surface area (Å²) in [5.74, 6) is 0.567. The lowest BCUT2D eigenvalue weighted by molar-refractivity contribution is -0.00866. The van der Waals surface area contributed by atoms with E-state index in [1.54, 1.807) is 56.7 Å². The average molecular weight is 457 g/mol. The van der Waals surface area contributed by atoms with Gasteiger partial charge in [-0.05, 0) is 24.3 Å². The number of aldehydes is 2. The Morgan fingerprint density at radius 3 is 1.87 bits per heavy atom. The second-order valence-corrected chi connectivity index (χ2v) is 5.72. The van der Waals surface area contributed by atoms with Crippen molar-refractivity contribution in [3.63, 3.8) is 0 Å². The summed E-state index contributed by atoms with van der Waals surface area (Å²) in [6.45, 7) is 2.32. The summed E-state index contributed by atoms with van der Waals surface area (Å²) in [5, 5.41) is 8.88. The Balaban J connectivity index is 0.000000479. The molecular formula is C22H29ClO8. The van der Waals surface area contributed by atoms with Gasteiger partial charge in [-0.3, -0.25) is 9.59 Å². The van der Waals surface area contributed by atoms with Crippen molar-refractivity contribution < 1.29 is 38.4 Å². The van der Waals surface area contributed by atoms with Crippen molar-refractivity contribution in [1.29, 1.82) is 0 Å². The van der Waals surface area contributed by atoms with Gasteiger partial charge >= 0.3 is 0 Å². The van der Waals surface area contributed by atoms with Crippen molar-refractivity contribution in [1.82, 2.24) is 0 Å². The van der Waals surface area contributed by atoms with E-state index in [1.165, 1.54) is 6.07 Å². The van der Waals surface area contributed by atoms with Crippen LogP contribution in [0.4, 0.5) is 0 Å². The summed E-state index contributed by atoms with van der Waals surface area (Å²) in [6, 6.07) is 13.7. The fourth-order valence-electron chi connectivity index (χ4n) is 1.80. The number of methoxy groups -OCH3 is 2. The van der Waals surface area contributed by atoms with Crippen LogP contribution in [0.1, 0.15) is 20.7 Å². The van der Waals surface area contributed by atoms with Crippen LogP contribution in [-0.2, 0) is 18.9 Å². The fraction of sp³-hybridized carbons (Fsp3) is 0.364. The van der Waals surface area contributed by atoms with Crippen LogP contribution in [0.3, 0.4) is 0 Å². The van der Waals surface area contributed by atoms with E-state index < -0.39 is 0 Å². The topological polar surface area (TPSA) is 101 Å². The third-order valence-corrected chi connectivity index (χ3v) is 3.50. The van der Waals surface area contributed by atoms with Crippen LogP contribution in [0.25, 0.3) is 0 Å². The monoisotopic (exact) mass is 456 g/mol. The number of para-hydroxylation sites is 2. The number of alkyl halides is 1. The third-order valence-electron chi connectivity index (χ3n) is 3.35. The lowest BCUT2D eigenvalue weighted by atomic mass is 10.2. The van der Waals surface area contributed by atoms with Crippen molar-refractivity contribution in [2.75, 3.05) is 53.5 Å². The fourth-order valence-corrected chi connectivity index (χ4v) is 1.91. The lowest BCUT2D eigenvalue weighted by Gasteiger charge is -2.08. The van der Waals surface area contributed by atoms with Gasteiger partial charge < -0.3 is 28.8 Å². The van der Waals surface area contributed by atoms with Crippen LogP contribution >= 0.6 is 11.6 Å². The standard InChI is InChI=1S/C11H14O4.C7H6O2.C4H9ClO2/c1-13-6-7-14-9-15-11-5-3-2-4-10(11)8-12;8-5-6-3-1-2-4-7(6)9;1-6-2-3-7-4-5/h2-5,8H,6-7,9H2,1H3;1-5,9H;2-4H2,1H3. The molecule has 1 N–H and O–H groups in total. The normalized spacial score (nSPS) is 9.52. The summed E-state index contributed by atoms with van der Waals surface area (Å²) in [5.41, 5.74) is 0.852. The minimum atomic E-state index is 0.0347. The van der Waals surface area contributed by atoms with E-state index in [1.807, 2.05) is 0 Å². The Morgan fingerprint density at radius 2 is 1.35 bits per heavy atom. The molecule has 0 saturated heterocycles. The predicted octanol–water partition coefficient (Wildman–Crippen LogP) is 3.55. The molecule has 0 amide bonds. The molecule has 0 fully saturated rings. The van der Waals surface area contributed by atoms with E-state index in [0.717, 1.165) is 6.29 Å². The lowest BCUT2D eigenvalue weighted by Crippen LogP contribution is -2.08. The zero-order valence-corrected chi connectivity index (χ0v) is 18.5. The molecule has 0 spiro atoms. The van der Waals surface area contributed by atoms with E-state index in [9.17, 15) is 9.59 Å². The number of hydrogen-bond acceptors (Lipinski definition) is 8. The molecule has 172 valence electrons. The Morgan fingerprint density at radius 1 is 0.806 bits per heavy atom. The molecule has 0 radical (unpaired) electrons. The van der Waals surface area contributed by atoms with Gasteiger partial charge in [-0.1, -0.05) is 35.9 Å². The molecule has 0 atom stereocenters. The minimum Gasteiger partial charge on any atom is -0.507 e. The molecule has 0 bridgehead atoms. The summed E-state index contributed by atoms with van der Waals surface area (Å²) < 4.78 is 24.6. The highest BCUT2D eigenvalue weighted by Crippen LogP contribution is 2.15. The van der Waals surface area contributed by atoms with Crippen molar-refractivity contribution in [2.24, 2.45) is 0 Å². The number of carbonyl (C=O) groups is 2. The number of aromatic hydroxyl groups is 1. The van der Waals surface area contributed by atoms with Gasteiger partial charge in [0.15, 0.2) is 19.4 Å². The summed E-state index contributed by atoms with van der Waals surface area (Å²) in [6.07, 6.45) is 1.37. The van der Waals surface area contributed by atoms with Gasteiger partial charge in [0.2, 0.25) is 0 Å². The van der Waals surface area contributed by atoms with Crippen LogP contribution in [-0.4, -0.2) is 71.2 Å². The van der Waals surface area contributed by atoms with Crippen LogP contribution in [0.5, 0.6) is 11.5 Å². The molecular weight excluding hydrogens is 428 g/mol. The highest BCUT2D eigenvalue weighted by molar-refractivity contribution is 6.17. The molecule has 0 aliphatic heterocycles. The first-order valence-corrected chi connectivity index (χ1v) is 9.77. The first-order chi connectivity index (χ1) is 15.1. The van der Waals surface area contributed by atoms with Crippen molar-refractivity contribution in [3.8, 4) is 11.5 Å². The molecule has 2 aromatic carbocycles. The van der Waals surface area contributed by atoms with Gasteiger partial charge in [0.1, 0.15) is 17.6 Å². The molecule has 2 aromatic rings. The number of halogens is 1. The molecule has 0 heterocycles. The highest BCUT2D eigenvalue weighted by Gasteiger charge is 2.00. The van der Waals surface area contributed by atoms with Gasteiger partial charge in [-0.15, -0.1) is 0 Å². The summed E-state index contributed by atoms with van der Waals surface area (Å²) in [7, 11) is 3.23. The maximum atomic E-state index is 10.6. The maximum Gasteiger partial charge on any atom is 0.189 e. The molecule has 0 aliphatic rings. The second-order valence-electron chi connectivity index (χ2n) is 5.51. The first kappa shape index (κ1) is 28.5. The number of phenolic OH excluding ortho intramolecular Hbond substituents is 1.